The molecule has 1 atom stereocenters. The molecular weight excluding hydrogens is 435 g/mol. The number of nitrogens with zero attached hydrogens (tertiary/aromatic N) is 1. The number of hydrogen-bond acceptors (Lipinski definition) is 6. The molecule has 0 saturated carbocycles. The number of nitrogens with one attached hydrogen (secondary N) is 2. The van der Waals surface area contributed by atoms with Crippen LogP contribution < -0.4 is 15.4 Å². The summed E-state index contributed by atoms with van der Waals surface area (Å²) in [6, 6.07) is 6.09. The number of piperidine rings is 1. The van der Waals surface area contributed by atoms with Crippen molar-refractivity contribution in [3.05, 3.63) is 24.3 Å². The highest BCUT2D eigenvalue weighted by Crippen LogP contribution is 2.26. The normalized spacial score (nSPS) is 18.5. The Morgan fingerprint density at radius 3 is 2.18 bits per heavy atom. The van der Waals surface area contributed by atoms with Crippen LogP contribution in [-0.4, -0.2) is 68.0 Å². The molecule has 2 fully saturated rings. The number of ether oxygens (including phenoxy) is 2. The molecule has 6 nitrogen and oxygen atoms in total. The fraction of sp³-hybridized carbons (Fsp3) is 0.750. The van der Waals surface area contributed by atoms with E-state index in [4.69, 9.17) is 9.84 Å². The molecule has 0 aliphatic carbocycles. The van der Waals surface area contributed by atoms with E-state index in [0.29, 0.717) is 12.4 Å². The molecule has 0 amide bonds. The topological polar surface area (TPSA) is 66.0 Å². The molecule has 194 valence electrons. The maximum absolute atomic E-state index is 12.2. The Kier molecular flexibility index (Phi) is 16.2. The number of rotatable bonds is 5. The maximum atomic E-state index is 12.2. The molecule has 3 N–H and O–H groups in total. The van der Waals surface area contributed by atoms with Crippen molar-refractivity contribution >= 4 is 5.69 Å². The van der Waals surface area contributed by atoms with Gasteiger partial charge >= 0.3 is 6.36 Å². The molecule has 1 aromatic carbocycles. The summed E-state index contributed by atoms with van der Waals surface area (Å²) in [6.07, 6.45) is 0.474. The Hall–Kier alpha value is -1.55. The van der Waals surface area contributed by atoms with Gasteiger partial charge in [0.05, 0.1) is 12.3 Å². The molecule has 2 aliphatic rings. The van der Waals surface area contributed by atoms with Gasteiger partial charge in [0.15, 0.2) is 0 Å². The summed E-state index contributed by atoms with van der Waals surface area (Å²) in [5.41, 5.74) is 0.121. The zero-order valence-corrected chi connectivity index (χ0v) is 21.1. The van der Waals surface area contributed by atoms with Crippen LogP contribution in [0.1, 0.15) is 60.3 Å². The number of halogens is 3. The monoisotopic (exact) mass is 479 g/mol. The number of methoxy groups -OCH3 is 1. The van der Waals surface area contributed by atoms with Crippen molar-refractivity contribution in [2.24, 2.45) is 0 Å². The average Bonchev–Trinajstić information content (AvgIpc) is 3.16. The van der Waals surface area contributed by atoms with Crippen LogP contribution in [0.4, 0.5) is 18.9 Å². The third kappa shape index (κ3) is 19.6. The van der Waals surface area contributed by atoms with Crippen LogP contribution in [0, 0.1) is 0 Å². The lowest BCUT2D eigenvalue weighted by atomic mass is 10.2. The Labute approximate surface area is 197 Å². The summed E-state index contributed by atoms with van der Waals surface area (Å²) in [5, 5.41) is 15.0. The summed E-state index contributed by atoms with van der Waals surface area (Å²) in [5.74, 6) is -0.214. The van der Waals surface area contributed by atoms with Gasteiger partial charge in [0, 0.05) is 38.0 Å². The number of hydrogen-bond donors (Lipinski definition) is 3. The third-order valence-electron chi connectivity index (χ3n) is 4.23. The van der Waals surface area contributed by atoms with Crippen molar-refractivity contribution in [3.8, 4) is 5.75 Å². The SMILES string of the molecule is C1CCNCC1.CC.CC(C)(C)O.COCN1CCC(Nc2cccc(OC(F)(F)F)c2)C1. The van der Waals surface area contributed by atoms with Crippen LogP contribution in [0.15, 0.2) is 24.3 Å². The van der Waals surface area contributed by atoms with Crippen LogP contribution in [-0.2, 0) is 4.74 Å². The smallest absolute Gasteiger partial charge is 0.406 e. The van der Waals surface area contributed by atoms with Gasteiger partial charge in [-0.25, -0.2) is 0 Å². The zero-order chi connectivity index (χ0) is 25.3. The highest BCUT2D eigenvalue weighted by molar-refractivity contribution is 5.49. The molecule has 2 aliphatic heterocycles. The van der Waals surface area contributed by atoms with Crippen molar-refractivity contribution in [1.29, 1.82) is 0 Å². The molecular formula is C24H44F3N3O3. The first kappa shape index (κ1) is 31.4. The molecule has 1 aromatic rings. The maximum Gasteiger partial charge on any atom is 0.573 e. The van der Waals surface area contributed by atoms with E-state index in [2.05, 4.69) is 20.3 Å². The van der Waals surface area contributed by atoms with Gasteiger partial charge < -0.3 is 25.2 Å². The van der Waals surface area contributed by atoms with Crippen LogP contribution in [0.2, 0.25) is 0 Å². The predicted molar refractivity (Wildman–Crippen MR) is 129 cm³/mol. The Balaban J connectivity index is 0.000000644. The van der Waals surface area contributed by atoms with E-state index in [9.17, 15) is 13.2 Å². The average molecular weight is 480 g/mol. The number of likely N-dealkylation sites (tertiary alicyclic amines) is 1. The van der Waals surface area contributed by atoms with Crippen molar-refractivity contribution in [2.75, 3.05) is 45.3 Å². The van der Waals surface area contributed by atoms with E-state index in [1.165, 1.54) is 50.6 Å². The van der Waals surface area contributed by atoms with E-state index in [-0.39, 0.29) is 11.8 Å². The second kappa shape index (κ2) is 17.0. The molecule has 0 bridgehead atoms. The van der Waals surface area contributed by atoms with Crippen molar-refractivity contribution < 1.29 is 27.8 Å². The predicted octanol–water partition coefficient (Wildman–Crippen LogP) is 5.24. The van der Waals surface area contributed by atoms with E-state index in [1.54, 1.807) is 33.9 Å². The molecule has 2 saturated heterocycles. The van der Waals surface area contributed by atoms with Crippen molar-refractivity contribution in [3.63, 3.8) is 0 Å². The minimum atomic E-state index is -4.67. The second-order valence-electron chi connectivity index (χ2n) is 8.68. The van der Waals surface area contributed by atoms with Crippen LogP contribution in [0.3, 0.4) is 0 Å². The quantitative estimate of drug-likeness (QED) is 0.537. The summed E-state index contributed by atoms with van der Waals surface area (Å²) >= 11 is 0. The Bertz CT molecular complexity index is 589. The number of aliphatic hydroxyl groups is 1. The van der Waals surface area contributed by atoms with Gasteiger partial charge in [-0.3, -0.25) is 4.90 Å². The standard InChI is InChI=1S/C13H17F3N2O2.C5H11N.C4H10O.C2H6/c1-19-9-18-6-5-11(8-18)17-10-3-2-4-12(7-10)20-13(14,15)16;1-2-4-6-5-3-1;1-4(2,3)5;1-2/h2-4,7,11,17H,5-6,8-9H2,1H3;6H,1-5H2;5H,1-3H3;1-2H3. The van der Waals surface area contributed by atoms with Crippen LogP contribution >= 0.6 is 0 Å². The first-order valence-electron chi connectivity index (χ1n) is 11.7. The van der Waals surface area contributed by atoms with E-state index in [1.807, 2.05) is 13.8 Å². The molecule has 9 heteroatoms. The van der Waals surface area contributed by atoms with Crippen molar-refractivity contribution in [2.45, 2.75) is 78.3 Å². The molecule has 1 unspecified atom stereocenters. The highest BCUT2D eigenvalue weighted by Gasteiger charge is 2.31. The molecule has 0 spiro atoms. The summed E-state index contributed by atoms with van der Waals surface area (Å²) < 4.78 is 45.4. The second-order valence-corrected chi connectivity index (χ2v) is 8.68. The summed E-state index contributed by atoms with van der Waals surface area (Å²) in [6.45, 7) is 14.0. The van der Waals surface area contributed by atoms with Gasteiger partial charge in [-0.1, -0.05) is 26.3 Å². The third-order valence-corrected chi connectivity index (χ3v) is 4.23. The van der Waals surface area contributed by atoms with Gasteiger partial charge in [0.2, 0.25) is 0 Å². The minimum absolute atomic E-state index is 0.200. The van der Waals surface area contributed by atoms with Gasteiger partial charge in [0.25, 0.3) is 0 Å². The lowest BCUT2D eigenvalue weighted by Gasteiger charge is -2.17. The van der Waals surface area contributed by atoms with Crippen LogP contribution in [0.5, 0.6) is 5.75 Å². The molecule has 0 radical (unpaired) electrons. The van der Waals surface area contributed by atoms with Gasteiger partial charge in [0.1, 0.15) is 5.75 Å². The van der Waals surface area contributed by atoms with E-state index in [0.717, 1.165) is 19.5 Å². The first-order valence-corrected chi connectivity index (χ1v) is 11.7. The Morgan fingerprint density at radius 1 is 1.12 bits per heavy atom. The molecule has 0 aromatic heterocycles. The Morgan fingerprint density at radius 2 is 1.73 bits per heavy atom. The van der Waals surface area contributed by atoms with Gasteiger partial charge in [-0.05, 0) is 65.3 Å². The minimum Gasteiger partial charge on any atom is -0.406 e. The largest absolute Gasteiger partial charge is 0.573 e. The first-order chi connectivity index (χ1) is 15.5. The number of anilines is 1. The number of benzene rings is 1. The highest BCUT2D eigenvalue weighted by atomic mass is 19.4. The number of alkyl halides is 3. The van der Waals surface area contributed by atoms with Gasteiger partial charge in [-0.2, -0.15) is 0 Å². The molecule has 33 heavy (non-hydrogen) atoms. The van der Waals surface area contributed by atoms with E-state index < -0.39 is 12.0 Å². The fourth-order valence-electron chi connectivity index (χ4n) is 3.07. The van der Waals surface area contributed by atoms with Gasteiger partial charge in [-0.15, -0.1) is 13.2 Å². The van der Waals surface area contributed by atoms with Crippen LogP contribution in [0.25, 0.3) is 0 Å². The lowest BCUT2D eigenvalue weighted by molar-refractivity contribution is -0.274. The fourth-order valence-corrected chi connectivity index (χ4v) is 3.07. The van der Waals surface area contributed by atoms with Crippen molar-refractivity contribution in [1.82, 2.24) is 10.2 Å². The summed E-state index contributed by atoms with van der Waals surface area (Å²) in [7, 11) is 1.64. The lowest BCUT2D eigenvalue weighted by Crippen LogP contribution is -2.27. The summed E-state index contributed by atoms with van der Waals surface area (Å²) in [4.78, 5) is 2.13. The molecule has 2 heterocycles. The zero-order valence-electron chi connectivity index (χ0n) is 21.1. The molecule has 3 rings (SSSR count). The van der Waals surface area contributed by atoms with E-state index >= 15 is 0 Å².